The van der Waals surface area contributed by atoms with Gasteiger partial charge in [0.15, 0.2) is 5.82 Å². The smallest absolute Gasteiger partial charge is 0.314 e. The number of aromatic nitrogens is 2. The van der Waals surface area contributed by atoms with E-state index < -0.39 is 11.8 Å². The number of primary amides is 1. The maximum atomic E-state index is 11.6. The van der Waals surface area contributed by atoms with Crippen LogP contribution in [0.25, 0.3) is 23.1 Å². The van der Waals surface area contributed by atoms with Crippen LogP contribution in [0.5, 0.6) is 0 Å². The molecule has 0 atom stereocenters. The fourth-order valence-corrected chi connectivity index (χ4v) is 2.30. The van der Waals surface area contributed by atoms with Gasteiger partial charge in [-0.2, -0.15) is 0 Å². The zero-order valence-electron chi connectivity index (χ0n) is 12.9. The van der Waals surface area contributed by atoms with E-state index in [1.54, 1.807) is 36.4 Å². The van der Waals surface area contributed by atoms with E-state index in [2.05, 4.69) is 15.3 Å². The van der Waals surface area contributed by atoms with Crippen molar-refractivity contribution >= 4 is 52.3 Å². The van der Waals surface area contributed by atoms with Gasteiger partial charge in [-0.1, -0.05) is 41.9 Å². The number of hydrogen-bond acceptors (Lipinski definition) is 4. The lowest BCUT2D eigenvalue weighted by molar-refractivity contribution is -0.134. The van der Waals surface area contributed by atoms with Gasteiger partial charge in [-0.25, -0.2) is 9.97 Å². The van der Waals surface area contributed by atoms with E-state index in [0.29, 0.717) is 21.7 Å². The summed E-state index contributed by atoms with van der Waals surface area (Å²) >= 11 is 5.86. The SMILES string of the molecule is NC(=O)C(=O)Nc1nc(C=Cc2ccc(Cl)cc2)nc2ccccc12. The Balaban J connectivity index is 1.99. The molecule has 124 valence electrons. The van der Waals surface area contributed by atoms with E-state index in [4.69, 9.17) is 17.3 Å². The molecule has 2 amide bonds. The second kappa shape index (κ2) is 7.11. The highest BCUT2D eigenvalue weighted by Gasteiger charge is 2.13. The van der Waals surface area contributed by atoms with Crippen LogP contribution in [0.15, 0.2) is 48.5 Å². The van der Waals surface area contributed by atoms with E-state index >= 15 is 0 Å². The quantitative estimate of drug-likeness (QED) is 0.708. The number of anilines is 1. The van der Waals surface area contributed by atoms with Crippen LogP contribution in [0, 0.1) is 0 Å². The summed E-state index contributed by atoms with van der Waals surface area (Å²) in [6.07, 6.45) is 3.52. The first-order valence-corrected chi connectivity index (χ1v) is 7.72. The van der Waals surface area contributed by atoms with Gasteiger partial charge in [-0.3, -0.25) is 9.59 Å². The lowest BCUT2D eigenvalue weighted by Gasteiger charge is -2.07. The summed E-state index contributed by atoms with van der Waals surface area (Å²) in [5.41, 5.74) is 6.55. The minimum Gasteiger partial charge on any atom is -0.361 e. The standard InChI is InChI=1S/C18H13ClN4O2/c19-12-8-5-11(6-9-12)7-10-15-21-14-4-2-1-3-13(14)17(22-15)23-18(25)16(20)24/h1-10H,(H2,20,24)(H,21,22,23,25). The van der Waals surface area contributed by atoms with Crippen LogP contribution in [-0.2, 0) is 9.59 Å². The van der Waals surface area contributed by atoms with Crippen LogP contribution in [0.4, 0.5) is 5.82 Å². The second-order valence-electron chi connectivity index (χ2n) is 5.15. The molecule has 3 aromatic rings. The Hall–Kier alpha value is -3.25. The van der Waals surface area contributed by atoms with E-state index in [-0.39, 0.29) is 5.82 Å². The molecule has 0 aliphatic carbocycles. The first kappa shape index (κ1) is 16.6. The number of nitrogens with zero attached hydrogens (tertiary/aromatic N) is 2. The van der Waals surface area contributed by atoms with Crippen molar-refractivity contribution in [3.63, 3.8) is 0 Å². The van der Waals surface area contributed by atoms with E-state index in [1.165, 1.54) is 0 Å². The van der Waals surface area contributed by atoms with Gasteiger partial charge < -0.3 is 11.1 Å². The Morgan fingerprint density at radius 3 is 2.44 bits per heavy atom. The minimum atomic E-state index is -1.08. The molecule has 3 rings (SSSR count). The number of carbonyl (C=O) groups excluding carboxylic acids is 2. The molecule has 3 N–H and O–H groups in total. The lowest BCUT2D eigenvalue weighted by atomic mass is 10.2. The Morgan fingerprint density at radius 2 is 1.72 bits per heavy atom. The molecule has 0 unspecified atom stereocenters. The summed E-state index contributed by atoms with van der Waals surface area (Å²) in [4.78, 5) is 31.3. The van der Waals surface area contributed by atoms with Gasteiger partial charge in [-0.15, -0.1) is 0 Å². The van der Waals surface area contributed by atoms with Gasteiger partial charge >= 0.3 is 11.8 Å². The molecule has 0 aliphatic rings. The molecule has 0 fully saturated rings. The van der Waals surface area contributed by atoms with E-state index in [1.807, 2.05) is 24.3 Å². The predicted octanol–water partition coefficient (Wildman–Crippen LogP) is 2.88. The molecule has 7 heteroatoms. The molecular formula is C18H13ClN4O2. The Labute approximate surface area is 148 Å². The molecule has 2 aromatic carbocycles. The van der Waals surface area contributed by atoms with Gasteiger partial charge in [0, 0.05) is 10.4 Å². The molecule has 0 saturated heterocycles. The molecule has 0 radical (unpaired) electrons. The second-order valence-corrected chi connectivity index (χ2v) is 5.59. The third-order valence-corrected chi connectivity index (χ3v) is 3.62. The van der Waals surface area contributed by atoms with E-state index in [9.17, 15) is 9.59 Å². The highest BCUT2D eigenvalue weighted by atomic mass is 35.5. The fraction of sp³-hybridized carbons (Fsp3) is 0. The molecule has 1 heterocycles. The number of fused-ring (bicyclic) bond motifs is 1. The van der Waals surface area contributed by atoms with Gasteiger partial charge in [0.25, 0.3) is 0 Å². The van der Waals surface area contributed by atoms with Gasteiger partial charge in [0.1, 0.15) is 5.82 Å². The first-order valence-electron chi connectivity index (χ1n) is 7.34. The number of nitrogens with one attached hydrogen (secondary N) is 1. The van der Waals surface area contributed by atoms with Crippen LogP contribution in [0.3, 0.4) is 0 Å². The highest BCUT2D eigenvalue weighted by molar-refractivity contribution is 6.39. The number of para-hydroxylation sites is 1. The Morgan fingerprint density at radius 1 is 1.00 bits per heavy atom. The zero-order valence-corrected chi connectivity index (χ0v) is 13.7. The molecular weight excluding hydrogens is 340 g/mol. The summed E-state index contributed by atoms with van der Waals surface area (Å²) in [6, 6.07) is 14.4. The fourth-order valence-electron chi connectivity index (χ4n) is 2.18. The summed E-state index contributed by atoms with van der Waals surface area (Å²) in [6.45, 7) is 0. The zero-order chi connectivity index (χ0) is 17.8. The largest absolute Gasteiger partial charge is 0.361 e. The van der Waals surface area contributed by atoms with Crippen LogP contribution in [0.1, 0.15) is 11.4 Å². The monoisotopic (exact) mass is 352 g/mol. The summed E-state index contributed by atoms with van der Waals surface area (Å²) in [7, 11) is 0. The minimum absolute atomic E-state index is 0.227. The van der Waals surface area contributed by atoms with Crippen molar-refractivity contribution in [2.45, 2.75) is 0 Å². The molecule has 6 nitrogen and oxygen atoms in total. The van der Waals surface area contributed by atoms with Crippen molar-refractivity contribution in [3.8, 4) is 0 Å². The van der Waals surface area contributed by atoms with Gasteiger partial charge in [0.2, 0.25) is 0 Å². The molecule has 0 spiro atoms. The molecule has 0 aliphatic heterocycles. The Bertz CT molecular complexity index is 984. The number of carbonyl (C=O) groups is 2. The van der Waals surface area contributed by atoms with E-state index in [0.717, 1.165) is 5.56 Å². The van der Waals surface area contributed by atoms with Crippen LogP contribution >= 0.6 is 11.6 Å². The number of rotatable bonds is 3. The van der Waals surface area contributed by atoms with Crippen LogP contribution < -0.4 is 11.1 Å². The lowest BCUT2D eigenvalue weighted by Crippen LogP contribution is -2.30. The summed E-state index contributed by atoms with van der Waals surface area (Å²) in [5, 5.41) is 3.67. The third-order valence-electron chi connectivity index (χ3n) is 3.37. The number of halogens is 1. The van der Waals surface area contributed by atoms with Crippen molar-refractivity contribution in [2.24, 2.45) is 5.73 Å². The van der Waals surface area contributed by atoms with Gasteiger partial charge in [0.05, 0.1) is 5.52 Å². The molecule has 0 bridgehead atoms. The molecule has 25 heavy (non-hydrogen) atoms. The highest BCUT2D eigenvalue weighted by Crippen LogP contribution is 2.21. The number of benzene rings is 2. The van der Waals surface area contributed by atoms with Crippen molar-refractivity contribution < 1.29 is 9.59 Å². The van der Waals surface area contributed by atoms with Crippen molar-refractivity contribution in [3.05, 3.63) is 64.9 Å². The van der Waals surface area contributed by atoms with Crippen LogP contribution in [0.2, 0.25) is 5.02 Å². The third kappa shape index (κ3) is 3.99. The summed E-state index contributed by atoms with van der Waals surface area (Å²) < 4.78 is 0. The average Bonchev–Trinajstić information content (AvgIpc) is 2.61. The van der Waals surface area contributed by atoms with Gasteiger partial charge in [-0.05, 0) is 35.9 Å². The van der Waals surface area contributed by atoms with Crippen molar-refractivity contribution in [2.75, 3.05) is 5.32 Å². The number of amides is 2. The van der Waals surface area contributed by atoms with Crippen molar-refractivity contribution in [1.29, 1.82) is 0 Å². The average molecular weight is 353 g/mol. The number of hydrogen-bond donors (Lipinski definition) is 2. The Kier molecular flexibility index (Phi) is 4.72. The predicted molar refractivity (Wildman–Crippen MR) is 97.7 cm³/mol. The molecule has 1 aromatic heterocycles. The van der Waals surface area contributed by atoms with Crippen LogP contribution in [-0.4, -0.2) is 21.8 Å². The first-order chi connectivity index (χ1) is 12.0. The summed E-state index contributed by atoms with van der Waals surface area (Å²) in [5.74, 6) is -1.41. The normalized spacial score (nSPS) is 10.9. The maximum Gasteiger partial charge on any atom is 0.314 e. The topological polar surface area (TPSA) is 98.0 Å². The van der Waals surface area contributed by atoms with Crippen molar-refractivity contribution in [1.82, 2.24) is 9.97 Å². The molecule has 0 saturated carbocycles. The maximum absolute atomic E-state index is 11.6. The number of nitrogens with two attached hydrogens (primary N) is 1.